The Morgan fingerprint density at radius 3 is 2.35 bits per heavy atom. The summed E-state index contributed by atoms with van der Waals surface area (Å²) >= 11 is 0. The lowest BCUT2D eigenvalue weighted by molar-refractivity contribution is -0.150. The first-order chi connectivity index (χ1) is 8.02. The molecule has 1 unspecified atom stereocenters. The molecule has 0 spiro atoms. The third kappa shape index (κ3) is 4.36. The first-order valence-electron chi connectivity index (χ1n) is 5.50. The number of ether oxygens (including phenoxy) is 1. The van der Waals surface area contributed by atoms with Crippen LogP contribution in [0.15, 0.2) is 24.3 Å². The molecule has 0 saturated heterocycles. The van der Waals surface area contributed by atoms with Gasteiger partial charge in [-0.1, -0.05) is 24.3 Å². The zero-order valence-electron chi connectivity index (χ0n) is 10.1. The summed E-state index contributed by atoms with van der Waals surface area (Å²) in [6.07, 6.45) is -0.528. The van der Waals surface area contributed by atoms with Gasteiger partial charge in [0.05, 0.1) is 0 Å². The lowest BCUT2D eigenvalue weighted by atomic mass is 10.1. The number of nitrogens with two attached hydrogens (primary N) is 1. The third-order valence-corrected chi connectivity index (χ3v) is 2.39. The normalized spacial score (nSPS) is 11.9. The fraction of sp³-hybridized carbons (Fsp3) is 0.385. The van der Waals surface area contributed by atoms with Gasteiger partial charge in [0.25, 0.3) is 0 Å². The molecule has 17 heavy (non-hydrogen) atoms. The minimum absolute atomic E-state index is 0.175. The highest BCUT2D eigenvalue weighted by molar-refractivity contribution is 5.94. The van der Waals surface area contributed by atoms with Gasteiger partial charge in [-0.05, 0) is 25.0 Å². The highest BCUT2D eigenvalue weighted by Gasteiger charge is 2.13. The van der Waals surface area contributed by atoms with Crippen molar-refractivity contribution in [1.29, 1.82) is 0 Å². The molecule has 2 N–H and O–H groups in total. The predicted octanol–water partition coefficient (Wildman–Crippen LogP) is 1.73. The highest BCUT2D eigenvalue weighted by Crippen LogP contribution is 2.17. The monoisotopic (exact) mass is 235 g/mol. The largest absolute Gasteiger partial charge is 0.457 e. The van der Waals surface area contributed by atoms with Crippen LogP contribution in [-0.4, -0.2) is 11.8 Å². The summed E-state index contributed by atoms with van der Waals surface area (Å²) in [4.78, 5) is 22.0. The molecule has 0 fully saturated rings. The Bertz CT molecular complexity index is 398. The number of Topliss-reactive ketones (excluding diaryl/α,β-unsaturated/α-hetero) is 1. The van der Waals surface area contributed by atoms with Gasteiger partial charge < -0.3 is 10.5 Å². The van der Waals surface area contributed by atoms with Gasteiger partial charge in [0.1, 0.15) is 18.3 Å². The topological polar surface area (TPSA) is 69.4 Å². The van der Waals surface area contributed by atoms with Crippen LogP contribution in [0, 0.1) is 0 Å². The van der Waals surface area contributed by atoms with Gasteiger partial charge in [0.2, 0.25) is 0 Å². The van der Waals surface area contributed by atoms with Crippen LogP contribution in [0.2, 0.25) is 0 Å². The smallest absolute Gasteiger partial charge is 0.313 e. The van der Waals surface area contributed by atoms with E-state index in [4.69, 9.17) is 10.5 Å². The molecule has 0 heterocycles. The van der Waals surface area contributed by atoms with E-state index in [1.807, 2.05) is 24.3 Å². The second-order valence-electron chi connectivity index (χ2n) is 3.96. The summed E-state index contributed by atoms with van der Waals surface area (Å²) < 4.78 is 5.13. The van der Waals surface area contributed by atoms with E-state index in [2.05, 4.69) is 0 Å². The zero-order chi connectivity index (χ0) is 12.8. The Labute approximate surface area is 101 Å². The summed E-state index contributed by atoms with van der Waals surface area (Å²) in [5.41, 5.74) is 7.40. The number of benzene rings is 1. The Balaban J connectivity index is 2.59. The first kappa shape index (κ1) is 13.4. The van der Waals surface area contributed by atoms with Gasteiger partial charge in [0.15, 0.2) is 0 Å². The molecule has 1 rings (SSSR count). The molecule has 0 aliphatic heterocycles. The molecule has 0 aromatic heterocycles. The molecule has 92 valence electrons. The van der Waals surface area contributed by atoms with Crippen LogP contribution in [0.4, 0.5) is 0 Å². The lowest BCUT2D eigenvalue weighted by Gasteiger charge is -2.13. The SMILES string of the molecule is CC(=O)CC(=O)OC(C)c1ccc(CN)cc1. The maximum atomic E-state index is 11.3. The van der Waals surface area contributed by atoms with E-state index < -0.39 is 5.97 Å². The maximum absolute atomic E-state index is 11.3. The summed E-state index contributed by atoms with van der Waals surface area (Å²) in [6.45, 7) is 3.62. The van der Waals surface area contributed by atoms with Crippen LogP contribution < -0.4 is 5.73 Å². The molecule has 0 radical (unpaired) electrons. The highest BCUT2D eigenvalue weighted by atomic mass is 16.5. The molecule has 0 amide bonds. The quantitative estimate of drug-likeness (QED) is 0.623. The Hall–Kier alpha value is -1.68. The van der Waals surface area contributed by atoms with Gasteiger partial charge >= 0.3 is 5.97 Å². The maximum Gasteiger partial charge on any atom is 0.313 e. The van der Waals surface area contributed by atoms with Crippen LogP contribution in [-0.2, 0) is 20.9 Å². The van der Waals surface area contributed by atoms with Crippen molar-refractivity contribution in [3.8, 4) is 0 Å². The van der Waals surface area contributed by atoms with Crippen molar-refractivity contribution in [2.75, 3.05) is 0 Å². The summed E-state index contributed by atoms with van der Waals surface area (Å²) in [6, 6.07) is 7.52. The number of hydrogen-bond donors (Lipinski definition) is 1. The number of hydrogen-bond acceptors (Lipinski definition) is 4. The van der Waals surface area contributed by atoms with Crippen molar-refractivity contribution in [1.82, 2.24) is 0 Å². The zero-order valence-corrected chi connectivity index (χ0v) is 10.1. The minimum Gasteiger partial charge on any atom is -0.457 e. The average molecular weight is 235 g/mol. The van der Waals surface area contributed by atoms with Crippen molar-refractivity contribution in [2.24, 2.45) is 5.73 Å². The number of rotatable bonds is 5. The minimum atomic E-state index is -0.493. The number of ketones is 1. The molecule has 0 aliphatic carbocycles. The molecule has 0 saturated carbocycles. The molecule has 4 nitrogen and oxygen atoms in total. The summed E-state index contributed by atoms with van der Waals surface area (Å²) in [5, 5.41) is 0. The molecule has 1 aromatic rings. The van der Waals surface area contributed by atoms with Crippen molar-refractivity contribution in [2.45, 2.75) is 32.9 Å². The van der Waals surface area contributed by atoms with Crippen LogP contribution in [0.3, 0.4) is 0 Å². The van der Waals surface area contributed by atoms with E-state index in [1.165, 1.54) is 6.92 Å². The van der Waals surface area contributed by atoms with E-state index in [1.54, 1.807) is 6.92 Å². The second-order valence-corrected chi connectivity index (χ2v) is 3.96. The third-order valence-electron chi connectivity index (χ3n) is 2.39. The molecule has 4 heteroatoms. The van der Waals surface area contributed by atoms with Crippen LogP contribution >= 0.6 is 0 Å². The van der Waals surface area contributed by atoms with Gasteiger partial charge in [-0.25, -0.2) is 0 Å². The van der Waals surface area contributed by atoms with Gasteiger partial charge in [-0.15, -0.1) is 0 Å². The van der Waals surface area contributed by atoms with Crippen LogP contribution in [0.1, 0.15) is 37.5 Å². The van der Waals surface area contributed by atoms with E-state index in [9.17, 15) is 9.59 Å². The molecule has 1 aromatic carbocycles. The Morgan fingerprint density at radius 1 is 1.29 bits per heavy atom. The fourth-order valence-electron chi connectivity index (χ4n) is 1.43. The van der Waals surface area contributed by atoms with Crippen molar-refractivity contribution in [3.05, 3.63) is 35.4 Å². The van der Waals surface area contributed by atoms with Gasteiger partial charge in [-0.2, -0.15) is 0 Å². The van der Waals surface area contributed by atoms with Crippen molar-refractivity contribution in [3.63, 3.8) is 0 Å². The van der Waals surface area contributed by atoms with Crippen molar-refractivity contribution < 1.29 is 14.3 Å². The average Bonchev–Trinajstić information content (AvgIpc) is 2.28. The Morgan fingerprint density at radius 2 is 1.88 bits per heavy atom. The van der Waals surface area contributed by atoms with Crippen molar-refractivity contribution >= 4 is 11.8 Å². The molecule has 1 atom stereocenters. The molecule has 0 bridgehead atoms. The number of carbonyl (C=O) groups excluding carboxylic acids is 2. The predicted molar refractivity (Wildman–Crippen MR) is 64.1 cm³/mol. The number of carbonyl (C=O) groups is 2. The van der Waals surface area contributed by atoms with E-state index in [-0.39, 0.29) is 18.3 Å². The van der Waals surface area contributed by atoms with Gasteiger partial charge in [-0.3, -0.25) is 9.59 Å². The molecule has 0 aliphatic rings. The standard InChI is InChI=1S/C13H17NO3/c1-9(15)7-13(16)17-10(2)12-5-3-11(8-14)4-6-12/h3-6,10H,7-8,14H2,1-2H3. The lowest BCUT2D eigenvalue weighted by Crippen LogP contribution is -2.12. The number of esters is 1. The summed E-state index contributed by atoms with van der Waals surface area (Å²) in [7, 11) is 0. The van der Waals surface area contributed by atoms with E-state index in [0.717, 1.165) is 11.1 Å². The molecular formula is C13H17NO3. The Kier molecular flexibility index (Phi) is 4.84. The first-order valence-corrected chi connectivity index (χ1v) is 5.50. The molecular weight excluding hydrogens is 218 g/mol. The van der Waals surface area contributed by atoms with Crippen LogP contribution in [0.5, 0.6) is 0 Å². The van der Waals surface area contributed by atoms with E-state index in [0.29, 0.717) is 6.54 Å². The second kappa shape index (κ2) is 6.15. The van der Waals surface area contributed by atoms with Crippen LogP contribution in [0.25, 0.3) is 0 Å². The fourth-order valence-corrected chi connectivity index (χ4v) is 1.43. The summed E-state index contributed by atoms with van der Waals surface area (Å²) in [5.74, 6) is -0.686. The van der Waals surface area contributed by atoms with Gasteiger partial charge in [0, 0.05) is 6.54 Å². The van der Waals surface area contributed by atoms with E-state index >= 15 is 0 Å².